The van der Waals surface area contributed by atoms with E-state index in [-0.39, 0.29) is 12.1 Å². The number of carbonyl (C=O) groups is 1. The molecule has 0 aromatic heterocycles. The summed E-state index contributed by atoms with van der Waals surface area (Å²) in [4.78, 5) is 20.6. The molecule has 3 N–H and O–H groups in total. The van der Waals surface area contributed by atoms with Gasteiger partial charge in [0, 0.05) is 19.6 Å². The fourth-order valence-corrected chi connectivity index (χ4v) is 3.40. The van der Waals surface area contributed by atoms with Gasteiger partial charge in [-0.15, -0.1) is 0 Å². The molecule has 2 heterocycles. The Morgan fingerprint density at radius 2 is 2.19 bits per heavy atom. The van der Waals surface area contributed by atoms with Crippen LogP contribution >= 0.6 is 0 Å². The summed E-state index contributed by atoms with van der Waals surface area (Å²) >= 11 is 0. The summed E-state index contributed by atoms with van der Waals surface area (Å²) in [5.74, 6) is 0.746. The summed E-state index contributed by atoms with van der Waals surface area (Å²) in [6, 6.07) is 0. The fourth-order valence-electron chi connectivity index (χ4n) is 3.40. The third-order valence-electron chi connectivity index (χ3n) is 4.31. The molecule has 0 aromatic rings. The van der Waals surface area contributed by atoms with Gasteiger partial charge in [-0.3, -0.25) is 14.6 Å². The lowest BCUT2D eigenvalue weighted by Crippen LogP contribution is -2.44. The quantitative estimate of drug-likeness (QED) is 0.758. The second kappa shape index (κ2) is 6.32. The molecule has 120 valence electrons. The van der Waals surface area contributed by atoms with E-state index >= 15 is 0 Å². The molecule has 0 spiro atoms. The highest BCUT2D eigenvalue weighted by molar-refractivity contribution is 6.06. The molecule has 21 heavy (non-hydrogen) atoms. The number of hydrogen-bond donors (Lipinski definition) is 2. The van der Waals surface area contributed by atoms with Crippen molar-refractivity contribution in [1.82, 2.24) is 9.80 Å². The van der Waals surface area contributed by atoms with Crippen molar-refractivity contribution in [3.05, 3.63) is 0 Å². The summed E-state index contributed by atoms with van der Waals surface area (Å²) in [6.45, 7) is 8.34. The Kier molecular flexibility index (Phi) is 4.88. The minimum absolute atomic E-state index is 0.00988. The molecular formula is C15H28N4O2. The van der Waals surface area contributed by atoms with Gasteiger partial charge in [0.2, 0.25) is 0 Å². The molecular weight excluding hydrogens is 268 g/mol. The van der Waals surface area contributed by atoms with E-state index in [2.05, 4.69) is 23.7 Å². The van der Waals surface area contributed by atoms with E-state index in [1.54, 1.807) is 4.90 Å². The molecule has 0 saturated carbocycles. The molecule has 6 nitrogen and oxygen atoms in total. The fraction of sp³-hybridized carbons (Fsp3) is 0.867. The monoisotopic (exact) mass is 296 g/mol. The predicted molar refractivity (Wildman–Crippen MR) is 82.6 cm³/mol. The van der Waals surface area contributed by atoms with E-state index in [0.29, 0.717) is 24.8 Å². The van der Waals surface area contributed by atoms with Crippen molar-refractivity contribution in [2.24, 2.45) is 16.6 Å². The third-order valence-corrected chi connectivity index (χ3v) is 4.31. The molecule has 2 aliphatic rings. The van der Waals surface area contributed by atoms with Gasteiger partial charge in [0.05, 0.1) is 0 Å². The molecule has 1 fully saturated rings. The van der Waals surface area contributed by atoms with Gasteiger partial charge in [-0.05, 0) is 38.5 Å². The number of nitrogens with zero attached hydrogens (tertiary/aromatic N) is 3. The van der Waals surface area contributed by atoms with Gasteiger partial charge < -0.3 is 10.8 Å². The van der Waals surface area contributed by atoms with Crippen molar-refractivity contribution in [2.75, 3.05) is 19.6 Å². The second-order valence-electron chi connectivity index (χ2n) is 6.81. The first-order valence-corrected chi connectivity index (χ1v) is 7.93. The lowest BCUT2D eigenvalue weighted by atomic mass is 9.91. The normalized spacial score (nSPS) is 30.5. The molecule has 1 saturated heterocycles. The maximum atomic E-state index is 12.5. The van der Waals surface area contributed by atoms with Crippen LogP contribution in [-0.2, 0) is 4.79 Å². The first-order chi connectivity index (χ1) is 9.83. The van der Waals surface area contributed by atoms with Gasteiger partial charge in [-0.25, -0.2) is 4.99 Å². The van der Waals surface area contributed by atoms with Crippen LogP contribution in [-0.4, -0.2) is 58.2 Å². The Bertz CT molecular complexity index is 424. The van der Waals surface area contributed by atoms with Crippen LogP contribution in [0.3, 0.4) is 0 Å². The second-order valence-corrected chi connectivity index (χ2v) is 6.81. The Hall–Kier alpha value is -1.14. The van der Waals surface area contributed by atoms with Crippen LogP contribution < -0.4 is 5.73 Å². The highest BCUT2D eigenvalue weighted by Gasteiger charge is 2.43. The van der Waals surface area contributed by atoms with Crippen molar-refractivity contribution in [3.63, 3.8) is 0 Å². The summed E-state index contributed by atoms with van der Waals surface area (Å²) in [5.41, 5.74) is 5.23. The van der Waals surface area contributed by atoms with Crippen LogP contribution in [0.5, 0.6) is 0 Å². The maximum absolute atomic E-state index is 12.5. The van der Waals surface area contributed by atoms with Crippen molar-refractivity contribution in [3.8, 4) is 0 Å². The molecule has 0 aliphatic carbocycles. The smallest absolute Gasteiger partial charge is 0.257 e. The average Bonchev–Trinajstić information content (AvgIpc) is 2.85. The Morgan fingerprint density at radius 1 is 1.48 bits per heavy atom. The van der Waals surface area contributed by atoms with E-state index in [0.717, 1.165) is 32.4 Å². The third kappa shape index (κ3) is 3.55. The molecule has 6 heteroatoms. The largest absolute Gasteiger partial charge is 0.378 e. The Labute approximate surface area is 127 Å². The first kappa shape index (κ1) is 16.2. The number of aliphatic hydroxyl groups is 1. The molecule has 0 aromatic carbocycles. The molecule has 2 aliphatic heterocycles. The van der Waals surface area contributed by atoms with Crippen LogP contribution in [0.25, 0.3) is 0 Å². The number of rotatable bonds is 6. The van der Waals surface area contributed by atoms with Gasteiger partial charge in [0.25, 0.3) is 5.91 Å². The van der Waals surface area contributed by atoms with Crippen molar-refractivity contribution in [1.29, 1.82) is 0 Å². The summed E-state index contributed by atoms with van der Waals surface area (Å²) in [7, 11) is 0. The van der Waals surface area contributed by atoms with Crippen LogP contribution in [0.2, 0.25) is 0 Å². The lowest BCUT2D eigenvalue weighted by molar-refractivity contribution is -0.131. The number of hydrogen-bond acceptors (Lipinski definition) is 5. The zero-order valence-electron chi connectivity index (χ0n) is 13.4. The average molecular weight is 296 g/mol. The molecule has 0 bridgehead atoms. The van der Waals surface area contributed by atoms with E-state index in [4.69, 9.17) is 5.73 Å². The maximum Gasteiger partial charge on any atom is 0.257 e. The zero-order chi connectivity index (χ0) is 15.6. The Morgan fingerprint density at radius 3 is 2.76 bits per heavy atom. The van der Waals surface area contributed by atoms with Gasteiger partial charge in [-0.1, -0.05) is 13.8 Å². The SMILES string of the molecule is CC(C)CC1(C)N=C(N)N(CCCN2CCCC2O)C1=O. The summed E-state index contributed by atoms with van der Waals surface area (Å²) < 4.78 is 0. The van der Waals surface area contributed by atoms with Gasteiger partial charge >= 0.3 is 0 Å². The first-order valence-electron chi connectivity index (χ1n) is 7.93. The number of guanidine groups is 1. The number of likely N-dealkylation sites (tertiary alicyclic amines) is 1. The van der Waals surface area contributed by atoms with Crippen molar-refractivity contribution < 1.29 is 9.90 Å². The minimum atomic E-state index is -0.703. The van der Waals surface area contributed by atoms with Gasteiger partial charge in [-0.2, -0.15) is 0 Å². The molecule has 2 rings (SSSR count). The van der Waals surface area contributed by atoms with Gasteiger partial charge in [0.15, 0.2) is 5.96 Å². The van der Waals surface area contributed by atoms with Crippen LogP contribution in [0.4, 0.5) is 0 Å². The molecule has 2 atom stereocenters. The summed E-state index contributed by atoms with van der Waals surface area (Å²) in [5, 5.41) is 9.76. The minimum Gasteiger partial charge on any atom is -0.378 e. The standard InChI is InChI=1S/C15H28N4O2/c1-11(2)10-15(3)13(21)19(14(16)17-15)9-5-8-18-7-4-6-12(18)20/h11-12,20H,4-10H2,1-3H3,(H2,16,17). The topological polar surface area (TPSA) is 82.2 Å². The van der Waals surface area contributed by atoms with E-state index in [9.17, 15) is 9.90 Å². The number of aliphatic hydroxyl groups excluding tert-OH is 1. The number of carbonyl (C=O) groups excluding carboxylic acids is 1. The molecule has 0 radical (unpaired) electrons. The van der Waals surface area contributed by atoms with E-state index in [1.807, 2.05) is 6.92 Å². The number of amides is 1. The zero-order valence-corrected chi connectivity index (χ0v) is 13.4. The van der Waals surface area contributed by atoms with Crippen LogP contribution in [0.1, 0.15) is 46.5 Å². The van der Waals surface area contributed by atoms with E-state index < -0.39 is 5.54 Å². The van der Waals surface area contributed by atoms with Crippen molar-refractivity contribution >= 4 is 11.9 Å². The molecule has 2 unspecified atom stereocenters. The Balaban J connectivity index is 1.87. The van der Waals surface area contributed by atoms with Crippen LogP contribution in [0.15, 0.2) is 4.99 Å². The van der Waals surface area contributed by atoms with Crippen LogP contribution in [0, 0.1) is 5.92 Å². The number of nitrogens with two attached hydrogens (primary N) is 1. The molecule has 1 amide bonds. The van der Waals surface area contributed by atoms with E-state index in [1.165, 1.54) is 0 Å². The highest BCUT2D eigenvalue weighted by Crippen LogP contribution is 2.28. The predicted octanol–water partition coefficient (Wildman–Crippen LogP) is 0.752. The van der Waals surface area contributed by atoms with Gasteiger partial charge in [0.1, 0.15) is 11.8 Å². The van der Waals surface area contributed by atoms with Crippen molar-refractivity contribution in [2.45, 2.75) is 58.2 Å². The summed E-state index contributed by atoms with van der Waals surface area (Å²) in [6.07, 6.45) is 3.08. The highest BCUT2D eigenvalue weighted by atomic mass is 16.3. The number of aliphatic imine (C=N–C) groups is 1. The lowest BCUT2D eigenvalue weighted by Gasteiger charge is -2.25.